The second-order valence-corrected chi connectivity index (χ2v) is 6.07. The zero-order valence-corrected chi connectivity index (χ0v) is 13.6. The summed E-state index contributed by atoms with van der Waals surface area (Å²) >= 11 is 0. The van der Waals surface area contributed by atoms with Gasteiger partial charge in [-0.05, 0) is 40.0 Å². The van der Waals surface area contributed by atoms with Gasteiger partial charge in [-0.15, -0.1) is 0 Å². The second kappa shape index (κ2) is 6.12. The maximum Gasteiger partial charge on any atom is 0.249 e. The number of hydrogen-bond donors (Lipinski definition) is 1. The van der Waals surface area contributed by atoms with Crippen molar-refractivity contribution in [1.29, 1.82) is 0 Å². The SMILES string of the molecule is CCC1(C)NC(=O)C(C)(CC)N(C(C)CCOC)C1=O. The molecule has 1 aliphatic heterocycles. The lowest BCUT2D eigenvalue weighted by atomic mass is 9.82. The van der Waals surface area contributed by atoms with Gasteiger partial charge in [0.1, 0.15) is 11.1 Å². The van der Waals surface area contributed by atoms with Crippen molar-refractivity contribution in [2.75, 3.05) is 13.7 Å². The maximum atomic E-state index is 12.9. The Balaban J connectivity index is 3.15. The van der Waals surface area contributed by atoms with Crippen LogP contribution in [0.1, 0.15) is 53.9 Å². The summed E-state index contributed by atoms with van der Waals surface area (Å²) in [4.78, 5) is 27.2. The molecule has 2 amide bonds. The Labute approximate surface area is 122 Å². The van der Waals surface area contributed by atoms with Gasteiger partial charge in [0.25, 0.3) is 0 Å². The monoisotopic (exact) mass is 284 g/mol. The Morgan fingerprint density at radius 3 is 2.30 bits per heavy atom. The molecule has 116 valence electrons. The van der Waals surface area contributed by atoms with Gasteiger partial charge in [0.05, 0.1) is 0 Å². The normalized spacial score (nSPS) is 32.2. The molecule has 0 aromatic heterocycles. The number of carbonyl (C=O) groups is 2. The zero-order chi connectivity index (χ0) is 15.6. The number of ether oxygens (including phenoxy) is 1. The third-order valence-corrected chi connectivity index (χ3v) is 4.68. The molecule has 1 N–H and O–H groups in total. The van der Waals surface area contributed by atoms with Crippen LogP contribution in [0.2, 0.25) is 0 Å². The second-order valence-electron chi connectivity index (χ2n) is 6.07. The molecular formula is C15H28N2O3. The molecule has 1 rings (SSSR count). The zero-order valence-electron chi connectivity index (χ0n) is 13.6. The van der Waals surface area contributed by atoms with Gasteiger partial charge < -0.3 is 15.0 Å². The predicted octanol–water partition coefficient (Wildman–Crippen LogP) is 1.71. The van der Waals surface area contributed by atoms with Gasteiger partial charge in [-0.25, -0.2) is 0 Å². The van der Waals surface area contributed by atoms with E-state index in [-0.39, 0.29) is 17.9 Å². The Morgan fingerprint density at radius 2 is 1.85 bits per heavy atom. The van der Waals surface area contributed by atoms with E-state index in [1.165, 1.54) is 0 Å². The molecule has 1 saturated heterocycles. The van der Waals surface area contributed by atoms with Crippen LogP contribution in [0, 0.1) is 0 Å². The first-order valence-electron chi connectivity index (χ1n) is 7.42. The Hall–Kier alpha value is -1.10. The quantitative estimate of drug-likeness (QED) is 0.808. The summed E-state index contributed by atoms with van der Waals surface area (Å²) in [5, 5.41) is 2.91. The van der Waals surface area contributed by atoms with Gasteiger partial charge in [-0.2, -0.15) is 0 Å². The lowest BCUT2D eigenvalue weighted by Crippen LogP contribution is -2.75. The molecule has 0 aliphatic carbocycles. The number of piperazine rings is 1. The minimum Gasteiger partial charge on any atom is -0.385 e. The van der Waals surface area contributed by atoms with Crippen LogP contribution >= 0.6 is 0 Å². The minimum absolute atomic E-state index is 0.00699. The fourth-order valence-corrected chi connectivity index (χ4v) is 2.71. The molecule has 1 heterocycles. The van der Waals surface area contributed by atoms with Crippen molar-refractivity contribution in [1.82, 2.24) is 10.2 Å². The van der Waals surface area contributed by atoms with E-state index in [1.54, 1.807) is 18.9 Å². The molecule has 0 aromatic carbocycles. The van der Waals surface area contributed by atoms with Crippen LogP contribution in [-0.4, -0.2) is 47.6 Å². The Kier molecular flexibility index (Phi) is 5.19. The number of nitrogens with zero attached hydrogens (tertiary/aromatic N) is 1. The van der Waals surface area contributed by atoms with Crippen LogP contribution in [-0.2, 0) is 14.3 Å². The fraction of sp³-hybridized carbons (Fsp3) is 0.867. The van der Waals surface area contributed by atoms with Crippen molar-refractivity contribution >= 4 is 11.8 Å². The predicted molar refractivity (Wildman–Crippen MR) is 78.3 cm³/mol. The van der Waals surface area contributed by atoms with Crippen LogP contribution in [0.15, 0.2) is 0 Å². The Morgan fingerprint density at radius 1 is 1.25 bits per heavy atom. The summed E-state index contributed by atoms with van der Waals surface area (Å²) in [5.41, 5.74) is -1.58. The van der Waals surface area contributed by atoms with E-state index < -0.39 is 11.1 Å². The molecule has 0 radical (unpaired) electrons. The summed E-state index contributed by atoms with van der Waals surface area (Å²) < 4.78 is 5.11. The molecule has 3 atom stereocenters. The smallest absolute Gasteiger partial charge is 0.249 e. The van der Waals surface area contributed by atoms with Crippen LogP contribution < -0.4 is 5.32 Å². The van der Waals surface area contributed by atoms with E-state index in [9.17, 15) is 9.59 Å². The van der Waals surface area contributed by atoms with Crippen LogP contribution in [0.3, 0.4) is 0 Å². The maximum absolute atomic E-state index is 12.9. The van der Waals surface area contributed by atoms with Gasteiger partial charge in [-0.3, -0.25) is 9.59 Å². The molecule has 1 fully saturated rings. The molecule has 0 saturated carbocycles. The highest BCUT2D eigenvalue weighted by molar-refractivity contribution is 6.02. The highest BCUT2D eigenvalue weighted by atomic mass is 16.5. The van der Waals surface area contributed by atoms with Crippen molar-refractivity contribution in [3.8, 4) is 0 Å². The minimum atomic E-state index is -0.799. The standard InChI is InChI=1S/C15H28N2O3/c1-7-14(4)13(19)17(11(3)9-10-20-6)15(5,8-2)12(18)16-14/h11H,7-10H2,1-6H3,(H,16,18). The van der Waals surface area contributed by atoms with Crippen molar-refractivity contribution in [2.45, 2.75) is 71.0 Å². The van der Waals surface area contributed by atoms with Gasteiger partial charge in [0, 0.05) is 19.8 Å². The number of methoxy groups -OCH3 is 1. The summed E-state index contributed by atoms with van der Waals surface area (Å²) in [6.07, 6.45) is 1.91. The molecular weight excluding hydrogens is 256 g/mol. The van der Waals surface area contributed by atoms with E-state index >= 15 is 0 Å². The third kappa shape index (κ3) is 2.68. The lowest BCUT2D eigenvalue weighted by Gasteiger charge is -2.52. The van der Waals surface area contributed by atoms with Crippen LogP contribution in [0.4, 0.5) is 0 Å². The molecule has 3 unspecified atom stereocenters. The highest BCUT2D eigenvalue weighted by Gasteiger charge is 2.54. The first-order valence-corrected chi connectivity index (χ1v) is 7.42. The van der Waals surface area contributed by atoms with E-state index in [0.29, 0.717) is 19.4 Å². The van der Waals surface area contributed by atoms with Gasteiger partial charge in [0.15, 0.2) is 0 Å². The van der Waals surface area contributed by atoms with Crippen molar-refractivity contribution in [3.63, 3.8) is 0 Å². The summed E-state index contributed by atoms with van der Waals surface area (Å²) in [7, 11) is 1.65. The largest absolute Gasteiger partial charge is 0.385 e. The summed E-state index contributed by atoms with van der Waals surface area (Å²) in [5.74, 6) is -0.0548. The topological polar surface area (TPSA) is 58.6 Å². The van der Waals surface area contributed by atoms with Gasteiger partial charge in [0.2, 0.25) is 11.8 Å². The van der Waals surface area contributed by atoms with Crippen molar-refractivity contribution in [2.24, 2.45) is 0 Å². The number of rotatable bonds is 6. The summed E-state index contributed by atoms with van der Waals surface area (Å²) in [6, 6.07) is -0.0238. The first-order chi connectivity index (χ1) is 9.26. The fourth-order valence-electron chi connectivity index (χ4n) is 2.71. The number of hydrogen-bond acceptors (Lipinski definition) is 3. The number of carbonyl (C=O) groups excluding carboxylic acids is 2. The average Bonchev–Trinajstić information content (AvgIpc) is 2.43. The molecule has 5 heteroatoms. The summed E-state index contributed by atoms with van der Waals surface area (Å²) in [6.45, 7) is 10.1. The third-order valence-electron chi connectivity index (χ3n) is 4.68. The van der Waals surface area contributed by atoms with Gasteiger partial charge in [-0.1, -0.05) is 13.8 Å². The van der Waals surface area contributed by atoms with Crippen molar-refractivity contribution < 1.29 is 14.3 Å². The van der Waals surface area contributed by atoms with E-state index in [4.69, 9.17) is 4.74 Å². The molecule has 0 spiro atoms. The van der Waals surface area contributed by atoms with E-state index in [1.807, 2.05) is 27.7 Å². The molecule has 20 heavy (non-hydrogen) atoms. The Bertz CT molecular complexity index is 385. The highest BCUT2D eigenvalue weighted by Crippen LogP contribution is 2.33. The first kappa shape index (κ1) is 17.0. The number of amides is 2. The van der Waals surface area contributed by atoms with Crippen LogP contribution in [0.25, 0.3) is 0 Å². The molecule has 0 aromatic rings. The molecule has 5 nitrogen and oxygen atoms in total. The van der Waals surface area contributed by atoms with Crippen molar-refractivity contribution in [3.05, 3.63) is 0 Å². The lowest BCUT2D eigenvalue weighted by molar-refractivity contribution is -0.165. The molecule has 0 bridgehead atoms. The van der Waals surface area contributed by atoms with Crippen LogP contribution in [0.5, 0.6) is 0 Å². The van der Waals surface area contributed by atoms with Gasteiger partial charge >= 0.3 is 0 Å². The van der Waals surface area contributed by atoms with E-state index in [2.05, 4.69) is 5.32 Å². The van der Waals surface area contributed by atoms with E-state index in [0.717, 1.165) is 6.42 Å². The average molecular weight is 284 g/mol. The molecule has 1 aliphatic rings. The number of nitrogens with one attached hydrogen (secondary N) is 1.